The summed E-state index contributed by atoms with van der Waals surface area (Å²) in [5.41, 5.74) is 0. The summed E-state index contributed by atoms with van der Waals surface area (Å²) in [5.74, 6) is -4.34. The maximum Gasteiger partial charge on any atom is 0.306 e. The number of carbonyl (C=O) groups excluding carboxylic acids is 4. The average molecular weight is 685 g/mol. The van der Waals surface area contributed by atoms with Crippen molar-refractivity contribution in [2.45, 2.75) is 206 Å². The predicted molar refractivity (Wildman–Crippen MR) is 185 cm³/mol. The standard InChI is InChI=1S/C38H68O10/c1-5-9-13-17-21-25-32(39)44-29-31-36(46-34(41)27-23-19-15-11-7-3)37(47-35(42)28-24-20-16-12-8-4)38(43,48-31)30-45-33(40)26-22-18-14-10-6-2/h31,36-37,43H,5-30H2,1-4H3/t31-,36-,37+,38-/m1/s1. The van der Waals surface area contributed by atoms with E-state index < -0.39 is 54.6 Å². The van der Waals surface area contributed by atoms with Crippen molar-refractivity contribution in [3.05, 3.63) is 0 Å². The summed E-state index contributed by atoms with van der Waals surface area (Å²) >= 11 is 0. The summed E-state index contributed by atoms with van der Waals surface area (Å²) < 4.78 is 28.5. The van der Waals surface area contributed by atoms with Crippen molar-refractivity contribution in [2.75, 3.05) is 13.2 Å². The van der Waals surface area contributed by atoms with Gasteiger partial charge in [-0.1, -0.05) is 130 Å². The van der Waals surface area contributed by atoms with Crippen LogP contribution in [0.15, 0.2) is 0 Å². The van der Waals surface area contributed by atoms with Crippen molar-refractivity contribution in [3.63, 3.8) is 0 Å². The molecule has 10 heteroatoms. The molecular weight excluding hydrogens is 616 g/mol. The number of hydrogen-bond acceptors (Lipinski definition) is 10. The highest BCUT2D eigenvalue weighted by molar-refractivity contribution is 5.71. The zero-order valence-electron chi connectivity index (χ0n) is 30.7. The zero-order valence-corrected chi connectivity index (χ0v) is 30.7. The number of esters is 4. The number of ether oxygens (including phenoxy) is 5. The molecule has 0 bridgehead atoms. The molecule has 0 aromatic heterocycles. The molecule has 0 aliphatic carbocycles. The molecule has 280 valence electrons. The number of hydrogen-bond donors (Lipinski definition) is 1. The van der Waals surface area contributed by atoms with Crippen molar-refractivity contribution in [2.24, 2.45) is 0 Å². The van der Waals surface area contributed by atoms with E-state index in [2.05, 4.69) is 27.7 Å². The molecule has 1 N–H and O–H groups in total. The highest BCUT2D eigenvalue weighted by Crippen LogP contribution is 2.35. The first kappa shape index (κ1) is 43.8. The number of rotatable bonds is 30. The predicted octanol–water partition coefficient (Wildman–Crippen LogP) is 8.43. The maximum absolute atomic E-state index is 13.0. The Balaban J connectivity index is 3.07. The van der Waals surface area contributed by atoms with E-state index >= 15 is 0 Å². The Morgan fingerprint density at radius 2 is 0.896 bits per heavy atom. The Labute approximate surface area is 290 Å². The highest BCUT2D eigenvalue weighted by atomic mass is 16.7. The minimum Gasteiger partial charge on any atom is -0.463 e. The molecule has 1 heterocycles. The average Bonchev–Trinajstić information content (AvgIpc) is 3.31. The lowest BCUT2D eigenvalue weighted by atomic mass is 10.0. The molecule has 48 heavy (non-hydrogen) atoms. The minimum atomic E-state index is -2.29. The van der Waals surface area contributed by atoms with E-state index in [1.54, 1.807) is 0 Å². The van der Waals surface area contributed by atoms with Crippen molar-refractivity contribution in [3.8, 4) is 0 Å². The topological polar surface area (TPSA) is 135 Å². The molecule has 4 atom stereocenters. The molecule has 0 unspecified atom stereocenters. The minimum absolute atomic E-state index is 0.115. The SMILES string of the molecule is CCCCCCCC(=O)OC[C@H]1O[C@](O)(COC(=O)CCCCCCC)[C@@H](OC(=O)CCCCCCC)[C@@H]1OC(=O)CCCCCCC. The second kappa shape index (κ2) is 27.6. The number of carbonyl (C=O) groups is 4. The molecular formula is C38H68O10. The fourth-order valence-electron chi connectivity index (χ4n) is 5.80. The van der Waals surface area contributed by atoms with Gasteiger partial charge >= 0.3 is 23.9 Å². The Hall–Kier alpha value is -2.20. The van der Waals surface area contributed by atoms with Crippen molar-refractivity contribution in [1.82, 2.24) is 0 Å². The van der Waals surface area contributed by atoms with Crippen molar-refractivity contribution in [1.29, 1.82) is 0 Å². The maximum atomic E-state index is 13.0. The van der Waals surface area contributed by atoms with E-state index in [0.29, 0.717) is 25.7 Å². The third kappa shape index (κ3) is 19.7. The number of unbranched alkanes of at least 4 members (excludes halogenated alkanes) is 16. The van der Waals surface area contributed by atoms with Gasteiger partial charge in [0.1, 0.15) is 19.3 Å². The van der Waals surface area contributed by atoms with Crippen LogP contribution in [0.25, 0.3) is 0 Å². The first-order valence-electron chi connectivity index (χ1n) is 19.3. The Bertz CT molecular complexity index is 878. The molecule has 1 fully saturated rings. The molecule has 1 saturated heterocycles. The van der Waals surface area contributed by atoms with Crippen LogP contribution in [0.3, 0.4) is 0 Å². The molecule has 1 aliphatic heterocycles. The molecule has 1 aliphatic rings. The van der Waals surface area contributed by atoms with Crippen LogP contribution in [0.4, 0.5) is 0 Å². The van der Waals surface area contributed by atoms with E-state index in [0.717, 1.165) is 103 Å². The lowest BCUT2D eigenvalue weighted by Crippen LogP contribution is -2.50. The van der Waals surface area contributed by atoms with E-state index in [1.807, 2.05) is 0 Å². The first-order valence-corrected chi connectivity index (χ1v) is 19.3. The van der Waals surface area contributed by atoms with Gasteiger partial charge in [0.05, 0.1) is 0 Å². The normalized spacial score (nSPS) is 20.4. The molecule has 0 saturated carbocycles. The lowest BCUT2D eigenvalue weighted by Gasteiger charge is -2.29. The van der Waals surface area contributed by atoms with Crippen LogP contribution in [0.2, 0.25) is 0 Å². The van der Waals surface area contributed by atoms with Gasteiger partial charge in [0.15, 0.2) is 12.2 Å². The molecule has 0 amide bonds. The van der Waals surface area contributed by atoms with Crippen LogP contribution < -0.4 is 0 Å². The highest BCUT2D eigenvalue weighted by Gasteiger charge is 2.60. The molecule has 0 spiro atoms. The summed E-state index contributed by atoms with van der Waals surface area (Å²) in [5, 5.41) is 11.7. The van der Waals surface area contributed by atoms with Crippen LogP contribution >= 0.6 is 0 Å². The third-order valence-corrected chi connectivity index (χ3v) is 8.78. The second-order valence-corrected chi connectivity index (χ2v) is 13.4. The van der Waals surface area contributed by atoms with Crippen LogP contribution in [0.1, 0.15) is 182 Å². The van der Waals surface area contributed by atoms with Gasteiger partial charge < -0.3 is 28.8 Å². The third-order valence-electron chi connectivity index (χ3n) is 8.78. The van der Waals surface area contributed by atoms with Crippen molar-refractivity contribution >= 4 is 23.9 Å². The molecule has 1 rings (SSSR count). The summed E-state index contributed by atoms with van der Waals surface area (Å²) in [7, 11) is 0. The monoisotopic (exact) mass is 684 g/mol. The summed E-state index contributed by atoms with van der Waals surface area (Å²) in [6, 6.07) is 0. The van der Waals surface area contributed by atoms with Gasteiger partial charge in [-0.2, -0.15) is 0 Å². The van der Waals surface area contributed by atoms with Gasteiger partial charge in [0.2, 0.25) is 5.79 Å². The fraction of sp³-hybridized carbons (Fsp3) is 0.895. The lowest BCUT2D eigenvalue weighted by molar-refractivity contribution is -0.258. The van der Waals surface area contributed by atoms with E-state index in [9.17, 15) is 24.3 Å². The van der Waals surface area contributed by atoms with Crippen LogP contribution in [0.5, 0.6) is 0 Å². The smallest absolute Gasteiger partial charge is 0.306 e. The summed E-state index contributed by atoms with van der Waals surface area (Å²) in [4.78, 5) is 51.2. The van der Waals surface area contributed by atoms with E-state index in [4.69, 9.17) is 23.7 Å². The largest absolute Gasteiger partial charge is 0.463 e. The van der Waals surface area contributed by atoms with E-state index in [-0.39, 0.29) is 32.3 Å². The Morgan fingerprint density at radius 3 is 1.33 bits per heavy atom. The second-order valence-electron chi connectivity index (χ2n) is 13.4. The molecule has 10 nitrogen and oxygen atoms in total. The van der Waals surface area contributed by atoms with Crippen molar-refractivity contribution < 1.29 is 48.0 Å². The first-order chi connectivity index (χ1) is 23.2. The quantitative estimate of drug-likeness (QED) is 0.0446. The summed E-state index contributed by atoms with van der Waals surface area (Å²) in [6.45, 7) is 7.53. The molecule has 0 aromatic carbocycles. The zero-order chi connectivity index (χ0) is 35.5. The fourth-order valence-corrected chi connectivity index (χ4v) is 5.80. The summed E-state index contributed by atoms with van der Waals surface area (Å²) in [6.07, 6.45) is 15.7. The molecule has 0 radical (unpaired) electrons. The van der Waals surface area contributed by atoms with Gasteiger partial charge in [0.25, 0.3) is 0 Å². The Kier molecular flexibility index (Phi) is 25.2. The van der Waals surface area contributed by atoms with Gasteiger partial charge in [-0.05, 0) is 25.7 Å². The Morgan fingerprint density at radius 1 is 0.521 bits per heavy atom. The molecule has 0 aromatic rings. The van der Waals surface area contributed by atoms with Gasteiger partial charge in [-0.3, -0.25) is 19.2 Å². The van der Waals surface area contributed by atoms with Crippen LogP contribution in [-0.2, 0) is 42.9 Å². The van der Waals surface area contributed by atoms with Crippen LogP contribution in [0, 0.1) is 0 Å². The van der Waals surface area contributed by atoms with E-state index in [1.165, 1.54) is 0 Å². The van der Waals surface area contributed by atoms with Crippen LogP contribution in [-0.4, -0.2) is 66.3 Å². The number of aliphatic hydroxyl groups is 1. The van der Waals surface area contributed by atoms with Gasteiger partial charge in [-0.15, -0.1) is 0 Å². The van der Waals surface area contributed by atoms with Gasteiger partial charge in [-0.25, -0.2) is 0 Å². The van der Waals surface area contributed by atoms with Gasteiger partial charge in [0, 0.05) is 25.7 Å².